The molecule has 96 valence electrons. The zero-order chi connectivity index (χ0) is 12.8. The van der Waals surface area contributed by atoms with Crippen molar-refractivity contribution in [3.63, 3.8) is 0 Å². The molecule has 0 saturated carbocycles. The molecule has 0 saturated heterocycles. The Balaban J connectivity index is 2.63. The second-order valence-corrected chi connectivity index (χ2v) is 4.88. The molecular weight excluding hydrogens is 236 g/mol. The number of nitrogens with two attached hydrogens (primary N) is 1. The Kier molecular flexibility index (Phi) is 5.59. The molecule has 0 aliphatic carbocycles. The third-order valence-electron chi connectivity index (χ3n) is 2.97. The van der Waals surface area contributed by atoms with E-state index in [2.05, 4.69) is 19.2 Å². The van der Waals surface area contributed by atoms with E-state index >= 15 is 0 Å². The Bertz CT molecular complexity index is 355. The third kappa shape index (κ3) is 4.10. The first kappa shape index (κ1) is 14.1. The summed E-state index contributed by atoms with van der Waals surface area (Å²) in [7, 11) is 1.61. The van der Waals surface area contributed by atoms with Gasteiger partial charge in [0.15, 0.2) is 0 Å². The van der Waals surface area contributed by atoms with E-state index in [1.54, 1.807) is 7.11 Å². The summed E-state index contributed by atoms with van der Waals surface area (Å²) in [5, 5.41) is 3.98. The Morgan fingerprint density at radius 2 is 2.12 bits per heavy atom. The number of halogens is 1. The number of hydrogen-bond acceptors (Lipinski definition) is 3. The Morgan fingerprint density at radius 1 is 1.41 bits per heavy atom. The van der Waals surface area contributed by atoms with Crippen LogP contribution in [0.2, 0.25) is 5.02 Å². The van der Waals surface area contributed by atoms with Crippen LogP contribution in [-0.2, 0) is 0 Å². The van der Waals surface area contributed by atoms with Crippen LogP contribution in [0.3, 0.4) is 0 Å². The van der Waals surface area contributed by atoms with Crippen molar-refractivity contribution in [3.8, 4) is 5.75 Å². The van der Waals surface area contributed by atoms with Gasteiger partial charge in [-0.05, 0) is 30.5 Å². The van der Waals surface area contributed by atoms with Gasteiger partial charge in [0.25, 0.3) is 0 Å². The van der Waals surface area contributed by atoms with Crippen molar-refractivity contribution in [2.75, 3.05) is 25.5 Å². The van der Waals surface area contributed by atoms with Gasteiger partial charge in [0, 0.05) is 18.3 Å². The van der Waals surface area contributed by atoms with Gasteiger partial charge in [-0.15, -0.1) is 0 Å². The molecule has 4 heteroatoms. The molecular formula is C13H21ClN2O. The summed E-state index contributed by atoms with van der Waals surface area (Å²) < 4.78 is 5.17. The van der Waals surface area contributed by atoms with Crippen molar-refractivity contribution in [1.29, 1.82) is 0 Å². The minimum atomic E-state index is 0.469. The molecule has 0 amide bonds. The largest absolute Gasteiger partial charge is 0.495 e. The fourth-order valence-corrected chi connectivity index (χ4v) is 1.80. The van der Waals surface area contributed by atoms with Crippen LogP contribution in [0.25, 0.3) is 0 Å². The lowest BCUT2D eigenvalue weighted by Crippen LogP contribution is -2.27. The van der Waals surface area contributed by atoms with Crippen LogP contribution in [0.1, 0.15) is 13.8 Å². The maximum Gasteiger partial charge on any atom is 0.139 e. The molecule has 3 N–H and O–H groups in total. The minimum Gasteiger partial charge on any atom is -0.495 e. The number of hydrogen-bond donors (Lipinski definition) is 2. The molecule has 0 bridgehead atoms. The monoisotopic (exact) mass is 256 g/mol. The maximum atomic E-state index is 5.96. The normalized spacial score (nSPS) is 12.6. The molecule has 1 atom stereocenters. The van der Waals surface area contributed by atoms with Crippen molar-refractivity contribution < 1.29 is 4.74 Å². The van der Waals surface area contributed by atoms with Crippen molar-refractivity contribution in [3.05, 3.63) is 23.2 Å². The number of benzene rings is 1. The van der Waals surface area contributed by atoms with Crippen LogP contribution in [0.5, 0.6) is 5.75 Å². The average molecular weight is 257 g/mol. The molecule has 0 aromatic heterocycles. The summed E-state index contributed by atoms with van der Waals surface area (Å²) in [5.74, 6) is 1.73. The van der Waals surface area contributed by atoms with Crippen molar-refractivity contribution in [1.82, 2.24) is 0 Å². The zero-order valence-corrected chi connectivity index (χ0v) is 11.4. The van der Waals surface area contributed by atoms with Crippen molar-refractivity contribution >= 4 is 17.3 Å². The summed E-state index contributed by atoms with van der Waals surface area (Å²) in [6, 6.07) is 5.67. The smallest absolute Gasteiger partial charge is 0.139 e. The predicted octanol–water partition coefficient (Wildman–Crippen LogP) is 2.99. The molecule has 0 aliphatic heterocycles. The van der Waals surface area contributed by atoms with Gasteiger partial charge < -0.3 is 15.8 Å². The van der Waals surface area contributed by atoms with E-state index in [0.29, 0.717) is 29.2 Å². The SMILES string of the molecule is COc1cc(NCC(CN)C(C)C)ccc1Cl. The van der Waals surface area contributed by atoms with Crippen LogP contribution >= 0.6 is 11.6 Å². The molecule has 0 heterocycles. The molecule has 1 aromatic rings. The highest BCUT2D eigenvalue weighted by Gasteiger charge is 2.11. The van der Waals surface area contributed by atoms with Gasteiger partial charge >= 0.3 is 0 Å². The Morgan fingerprint density at radius 3 is 2.65 bits per heavy atom. The lowest BCUT2D eigenvalue weighted by Gasteiger charge is -2.20. The Hall–Kier alpha value is -0.930. The summed E-state index contributed by atoms with van der Waals surface area (Å²) in [6.07, 6.45) is 0. The van der Waals surface area contributed by atoms with Gasteiger partial charge in [0.2, 0.25) is 0 Å². The maximum absolute atomic E-state index is 5.96. The van der Waals surface area contributed by atoms with Crippen LogP contribution in [0.15, 0.2) is 18.2 Å². The van der Waals surface area contributed by atoms with E-state index in [4.69, 9.17) is 22.1 Å². The summed E-state index contributed by atoms with van der Waals surface area (Å²) in [4.78, 5) is 0. The van der Waals surface area contributed by atoms with E-state index in [1.807, 2.05) is 18.2 Å². The van der Waals surface area contributed by atoms with Crippen molar-refractivity contribution in [2.45, 2.75) is 13.8 Å². The highest BCUT2D eigenvalue weighted by atomic mass is 35.5. The first-order valence-corrected chi connectivity index (χ1v) is 6.23. The first-order valence-electron chi connectivity index (χ1n) is 5.86. The standard InChI is InChI=1S/C13H21ClN2O/c1-9(2)10(7-15)8-16-11-4-5-12(14)13(6-11)17-3/h4-6,9-10,16H,7-8,15H2,1-3H3. The van der Waals surface area contributed by atoms with Crippen molar-refractivity contribution in [2.24, 2.45) is 17.6 Å². The number of rotatable bonds is 6. The number of nitrogens with one attached hydrogen (secondary N) is 1. The highest BCUT2D eigenvalue weighted by Crippen LogP contribution is 2.27. The molecule has 0 spiro atoms. The zero-order valence-electron chi connectivity index (χ0n) is 10.7. The number of methoxy groups -OCH3 is 1. The fraction of sp³-hybridized carbons (Fsp3) is 0.538. The molecule has 0 aliphatic rings. The van der Waals surface area contributed by atoms with Gasteiger partial charge in [-0.1, -0.05) is 25.4 Å². The topological polar surface area (TPSA) is 47.3 Å². The van der Waals surface area contributed by atoms with Gasteiger partial charge in [-0.25, -0.2) is 0 Å². The lowest BCUT2D eigenvalue weighted by atomic mass is 9.96. The molecule has 0 radical (unpaired) electrons. The first-order chi connectivity index (χ1) is 8.08. The van der Waals surface area contributed by atoms with Gasteiger partial charge in [0.1, 0.15) is 5.75 Å². The Labute approximate surface area is 108 Å². The molecule has 1 rings (SSSR count). The average Bonchev–Trinajstić information content (AvgIpc) is 2.31. The van der Waals surface area contributed by atoms with Gasteiger partial charge in [0.05, 0.1) is 12.1 Å². The lowest BCUT2D eigenvalue weighted by molar-refractivity contribution is 0.411. The highest BCUT2D eigenvalue weighted by molar-refractivity contribution is 6.32. The van der Waals surface area contributed by atoms with Crippen LogP contribution in [-0.4, -0.2) is 20.2 Å². The molecule has 0 fully saturated rings. The fourth-order valence-electron chi connectivity index (χ4n) is 1.61. The van der Waals surface area contributed by atoms with E-state index in [0.717, 1.165) is 12.2 Å². The van der Waals surface area contributed by atoms with E-state index in [9.17, 15) is 0 Å². The van der Waals surface area contributed by atoms with E-state index in [-0.39, 0.29) is 0 Å². The minimum absolute atomic E-state index is 0.469. The number of ether oxygens (including phenoxy) is 1. The van der Waals surface area contributed by atoms with Gasteiger partial charge in [-0.3, -0.25) is 0 Å². The summed E-state index contributed by atoms with van der Waals surface area (Å²) >= 11 is 5.96. The second kappa shape index (κ2) is 6.72. The van der Waals surface area contributed by atoms with Crippen LogP contribution in [0, 0.1) is 11.8 Å². The molecule has 3 nitrogen and oxygen atoms in total. The molecule has 1 aromatic carbocycles. The van der Waals surface area contributed by atoms with E-state index < -0.39 is 0 Å². The second-order valence-electron chi connectivity index (χ2n) is 4.47. The third-order valence-corrected chi connectivity index (χ3v) is 3.28. The molecule has 1 unspecified atom stereocenters. The van der Waals surface area contributed by atoms with Crippen LogP contribution in [0.4, 0.5) is 5.69 Å². The predicted molar refractivity (Wildman–Crippen MR) is 73.9 cm³/mol. The van der Waals surface area contributed by atoms with Gasteiger partial charge in [-0.2, -0.15) is 0 Å². The number of anilines is 1. The summed E-state index contributed by atoms with van der Waals surface area (Å²) in [6.45, 7) is 5.91. The van der Waals surface area contributed by atoms with Crippen LogP contribution < -0.4 is 15.8 Å². The quantitative estimate of drug-likeness (QED) is 0.823. The molecule has 17 heavy (non-hydrogen) atoms. The van der Waals surface area contributed by atoms with E-state index in [1.165, 1.54) is 0 Å². The summed E-state index contributed by atoms with van der Waals surface area (Å²) in [5.41, 5.74) is 6.74.